The van der Waals surface area contributed by atoms with E-state index in [9.17, 15) is 14.7 Å². The zero-order valence-corrected chi connectivity index (χ0v) is 20.3. The number of hydrogen-bond donors (Lipinski definition) is 1. The first kappa shape index (κ1) is 23.9. The number of aliphatic hydroxyl groups is 1. The van der Waals surface area contributed by atoms with Crippen molar-refractivity contribution in [2.45, 2.75) is 19.6 Å². The average Bonchev–Trinajstić information content (AvgIpc) is 3.48. The van der Waals surface area contributed by atoms with Gasteiger partial charge in [0.2, 0.25) is 0 Å². The number of ether oxygens (including phenoxy) is 2. The van der Waals surface area contributed by atoms with Gasteiger partial charge >= 0.3 is 5.91 Å². The Labute approximate surface area is 213 Å². The first-order valence-electron chi connectivity index (χ1n) is 11.6. The Morgan fingerprint density at radius 3 is 2.27 bits per heavy atom. The number of Topliss-reactive ketones (excluding diaryl/α,β-unsaturated/α-hetero) is 1. The van der Waals surface area contributed by atoms with E-state index in [1.807, 2.05) is 30.3 Å². The van der Waals surface area contributed by atoms with E-state index in [0.29, 0.717) is 35.0 Å². The van der Waals surface area contributed by atoms with Crippen molar-refractivity contribution in [2.24, 2.45) is 0 Å². The maximum atomic E-state index is 13.2. The summed E-state index contributed by atoms with van der Waals surface area (Å²) < 4.78 is 16.2. The van der Waals surface area contributed by atoms with Gasteiger partial charge in [0.25, 0.3) is 5.78 Å². The lowest BCUT2D eigenvalue weighted by Gasteiger charge is -2.23. The lowest BCUT2D eigenvalue weighted by molar-refractivity contribution is -0.132. The van der Waals surface area contributed by atoms with Crippen LogP contribution in [0.1, 0.15) is 28.5 Å². The van der Waals surface area contributed by atoms with Crippen LogP contribution in [-0.4, -0.2) is 29.1 Å². The Morgan fingerprint density at radius 2 is 1.65 bits per heavy atom. The van der Waals surface area contributed by atoms with E-state index in [4.69, 9.17) is 14.0 Å². The van der Waals surface area contributed by atoms with Crippen molar-refractivity contribution in [1.29, 1.82) is 0 Å². The summed E-state index contributed by atoms with van der Waals surface area (Å²) in [5.41, 5.74) is 1.96. The molecule has 3 aromatic carbocycles. The van der Waals surface area contributed by atoms with Gasteiger partial charge in [-0.1, -0.05) is 47.6 Å². The van der Waals surface area contributed by atoms with Gasteiger partial charge in [-0.25, -0.2) is 0 Å². The highest BCUT2D eigenvalue weighted by Crippen LogP contribution is 2.42. The Balaban J connectivity index is 1.54. The SMILES string of the molecule is COc1ccc(C(O)=C2C(=O)C(=O)N(c3cc(C)on3)C2c2ccc(OCc3ccccc3)cc2)cc1. The van der Waals surface area contributed by atoms with E-state index in [0.717, 1.165) is 5.56 Å². The summed E-state index contributed by atoms with van der Waals surface area (Å²) in [6.07, 6.45) is 0. The molecule has 1 amide bonds. The number of benzene rings is 3. The molecule has 0 bridgehead atoms. The third-order valence-corrected chi connectivity index (χ3v) is 6.11. The van der Waals surface area contributed by atoms with Crippen LogP contribution in [0.25, 0.3) is 5.76 Å². The summed E-state index contributed by atoms with van der Waals surface area (Å²) in [6, 6.07) is 24.1. The highest BCUT2D eigenvalue weighted by molar-refractivity contribution is 6.51. The molecule has 0 saturated carbocycles. The standard InChI is InChI=1S/C29H24N2O6/c1-18-16-24(30-37-18)31-26(20-8-14-23(15-9-20)36-17-19-6-4-3-5-7-19)25(28(33)29(31)34)27(32)21-10-12-22(35-2)13-11-21/h3-16,26,32H,17H2,1-2H3. The third kappa shape index (κ3) is 4.69. The summed E-state index contributed by atoms with van der Waals surface area (Å²) >= 11 is 0. The number of carbonyl (C=O) groups excluding carboxylic acids is 2. The van der Waals surface area contributed by atoms with E-state index in [2.05, 4.69) is 5.16 Å². The number of ketones is 1. The first-order valence-corrected chi connectivity index (χ1v) is 11.6. The topological polar surface area (TPSA) is 102 Å². The van der Waals surface area contributed by atoms with Crippen LogP contribution in [0.5, 0.6) is 11.5 Å². The van der Waals surface area contributed by atoms with Crippen LogP contribution in [0.4, 0.5) is 5.82 Å². The number of amides is 1. The quantitative estimate of drug-likeness (QED) is 0.213. The minimum atomic E-state index is -0.922. The number of methoxy groups -OCH3 is 1. The summed E-state index contributed by atoms with van der Waals surface area (Å²) in [7, 11) is 1.54. The second-order valence-corrected chi connectivity index (χ2v) is 8.54. The fraction of sp³-hybridized carbons (Fsp3) is 0.138. The molecule has 0 aliphatic carbocycles. The molecule has 5 rings (SSSR count). The number of anilines is 1. The Morgan fingerprint density at radius 1 is 0.973 bits per heavy atom. The molecule has 1 fully saturated rings. The summed E-state index contributed by atoms with van der Waals surface area (Å²) in [5.74, 6) is -0.0350. The maximum Gasteiger partial charge on any atom is 0.301 e. The fourth-order valence-corrected chi connectivity index (χ4v) is 4.24. The van der Waals surface area contributed by atoms with Crippen LogP contribution in [0.3, 0.4) is 0 Å². The molecule has 1 aliphatic heterocycles. The lowest BCUT2D eigenvalue weighted by Crippen LogP contribution is -2.29. The molecule has 8 nitrogen and oxygen atoms in total. The zero-order chi connectivity index (χ0) is 25.9. The highest BCUT2D eigenvalue weighted by atomic mass is 16.5. The largest absolute Gasteiger partial charge is 0.507 e. The van der Waals surface area contributed by atoms with E-state index >= 15 is 0 Å². The van der Waals surface area contributed by atoms with Crippen LogP contribution < -0.4 is 14.4 Å². The molecular formula is C29H24N2O6. The van der Waals surface area contributed by atoms with Gasteiger partial charge < -0.3 is 19.1 Å². The van der Waals surface area contributed by atoms with E-state index in [1.165, 1.54) is 12.0 Å². The average molecular weight is 497 g/mol. The molecule has 1 unspecified atom stereocenters. The van der Waals surface area contributed by atoms with Crippen molar-refractivity contribution in [2.75, 3.05) is 12.0 Å². The zero-order valence-electron chi connectivity index (χ0n) is 20.3. The molecule has 37 heavy (non-hydrogen) atoms. The molecular weight excluding hydrogens is 472 g/mol. The third-order valence-electron chi connectivity index (χ3n) is 6.11. The van der Waals surface area contributed by atoms with E-state index in [-0.39, 0.29) is 17.2 Å². The predicted octanol–water partition coefficient (Wildman–Crippen LogP) is 5.20. The van der Waals surface area contributed by atoms with Crippen molar-refractivity contribution in [1.82, 2.24) is 5.16 Å². The fourth-order valence-electron chi connectivity index (χ4n) is 4.24. The van der Waals surface area contributed by atoms with Crippen LogP contribution in [0.2, 0.25) is 0 Å². The van der Waals surface area contributed by atoms with E-state index in [1.54, 1.807) is 61.5 Å². The number of aromatic nitrogens is 1. The second-order valence-electron chi connectivity index (χ2n) is 8.54. The second kappa shape index (κ2) is 10.0. The van der Waals surface area contributed by atoms with Crippen molar-refractivity contribution in [3.05, 3.63) is 113 Å². The highest BCUT2D eigenvalue weighted by Gasteiger charge is 2.48. The Hall–Kier alpha value is -4.85. The number of rotatable bonds is 7. The van der Waals surface area contributed by atoms with Crippen LogP contribution in [0.15, 0.2) is 95.0 Å². The first-order chi connectivity index (χ1) is 18.0. The molecule has 1 atom stereocenters. The minimum absolute atomic E-state index is 0.0474. The maximum absolute atomic E-state index is 13.2. The monoisotopic (exact) mass is 496 g/mol. The van der Waals surface area contributed by atoms with Gasteiger partial charge in [-0.15, -0.1) is 0 Å². The van der Waals surface area contributed by atoms with Gasteiger partial charge in [0.05, 0.1) is 18.7 Å². The number of aryl methyl sites for hydroxylation is 1. The summed E-state index contributed by atoms with van der Waals surface area (Å²) in [5, 5.41) is 15.2. The van der Waals surface area contributed by atoms with Crippen LogP contribution >= 0.6 is 0 Å². The normalized spacial score (nSPS) is 16.7. The lowest BCUT2D eigenvalue weighted by atomic mass is 9.95. The van der Waals surface area contributed by atoms with Gasteiger partial charge in [0, 0.05) is 11.6 Å². The number of carbonyl (C=O) groups is 2. The predicted molar refractivity (Wildman–Crippen MR) is 136 cm³/mol. The molecule has 1 aromatic heterocycles. The van der Waals surface area contributed by atoms with Gasteiger partial charge in [-0.3, -0.25) is 14.5 Å². The van der Waals surface area contributed by atoms with E-state index < -0.39 is 17.7 Å². The van der Waals surface area contributed by atoms with Crippen molar-refractivity contribution >= 4 is 23.3 Å². The summed E-state index contributed by atoms with van der Waals surface area (Å²) in [4.78, 5) is 27.6. The van der Waals surface area contributed by atoms with Crippen molar-refractivity contribution in [3.63, 3.8) is 0 Å². The molecule has 0 radical (unpaired) electrons. The molecule has 0 spiro atoms. The molecule has 8 heteroatoms. The molecule has 186 valence electrons. The van der Waals surface area contributed by atoms with Crippen LogP contribution in [0, 0.1) is 6.92 Å². The minimum Gasteiger partial charge on any atom is -0.507 e. The van der Waals surface area contributed by atoms with Gasteiger partial charge in [-0.05, 0) is 54.4 Å². The van der Waals surface area contributed by atoms with Crippen LogP contribution in [-0.2, 0) is 16.2 Å². The Bertz CT molecular complexity index is 1460. The molecule has 4 aromatic rings. The number of hydrogen-bond acceptors (Lipinski definition) is 7. The molecule has 2 heterocycles. The summed E-state index contributed by atoms with van der Waals surface area (Å²) in [6.45, 7) is 2.09. The Kier molecular flexibility index (Phi) is 6.47. The smallest absolute Gasteiger partial charge is 0.301 e. The molecule has 1 saturated heterocycles. The van der Waals surface area contributed by atoms with Crippen molar-refractivity contribution in [3.8, 4) is 11.5 Å². The van der Waals surface area contributed by atoms with Crippen molar-refractivity contribution < 1.29 is 28.7 Å². The van der Waals surface area contributed by atoms with Gasteiger partial charge in [-0.2, -0.15) is 0 Å². The van der Waals surface area contributed by atoms with Gasteiger partial charge in [0.1, 0.15) is 29.6 Å². The number of aliphatic hydroxyl groups excluding tert-OH is 1. The van der Waals surface area contributed by atoms with Gasteiger partial charge in [0.15, 0.2) is 5.82 Å². The number of nitrogens with zero attached hydrogens (tertiary/aromatic N) is 2. The molecule has 1 aliphatic rings. The molecule has 1 N–H and O–H groups in total.